The smallest absolute Gasteiger partial charge is 0.300 e. The van der Waals surface area contributed by atoms with E-state index in [0.717, 1.165) is 12.1 Å². The van der Waals surface area contributed by atoms with Crippen molar-refractivity contribution in [3.8, 4) is 11.4 Å². The van der Waals surface area contributed by atoms with Crippen LogP contribution >= 0.6 is 0 Å². The fraction of sp³-hybridized carbons (Fsp3) is 0.385. The largest absolute Gasteiger partial charge is 0.416 e. The number of Topliss-reactive ketones (excluding diaryl/α,β-unsaturated/α-hetero) is 1. The molecule has 21 heavy (non-hydrogen) atoms. The zero-order chi connectivity index (χ0) is 15.5. The molecule has 1 heterocycles. The molecule has 0 radical (unpaired) electrons. The average Bonchev–Trinajstić information content (AvgIpc) is 2.86. The summed E-state index contributed by atoms with van der Waals surface area (Å²) in [5.74, 6) is 0.192. The van der Waals surface area contributed by atoms with Gasteiger partial charge in [0.15, 0.2) is 0 Å². The number of hydrogen-bond donors (Lipinski definition) is 0. The van der Waals surface area contributed by atoms with Crippen LogP contribution in [0, 0.1) is 0 Å². The van der Waals surface area contributed by atoms with Gasteiger partial charge in [-0.05, 0) is 30.7 Å². The van der Waals surface area contributed by atoms with Gasteiger partial charge in [0.25, 0.3) is 0 Å². The van der Waals surface area contributed by atoms with Crippen LogP contribution in [0.3, 0.4) is 0 Å². The number of carbonyl (C=O) groups is 1. The third-order valence-electron chi connectivity index (χ3n) is 2.79. The van der Waals surface area contributed by atoms with Crippen LogP contribution in [0.2, 0.25) is 0 Å². The van der Waals surface area contributed by atoms with Crippen molar-refractivity contribution < 1.29 is 18.0 Å². The van der Waals surface area contributed by atoms with Crippen LogP contribution in [0.5, 0.6) is 0 Å². The molecule has 2 rings (SSSR count). The third kappa shape index (κ3) is 4.11. The van der Waals surface area contributed by atoms with Gasteiger partial charge in [-0.2, -0.15) is 18.0 Å². The molecule has 0 saturated heterocycles. The molecule has 1 aromatic heterocycles. The molecule has 0 aliphatic heterocycles. The highest BCUT2D eigenvalue weighted by Gasteiger charge is 2.30. The summed E-state index contributed by atoms with van der Waals surface area (Å²) in [4.78, 5) is 12.1. The van der Waals surface area contributed by atoms with Crippen LogP contribution in [0.1, 0.15) is 25.3 Å². The minimum absolute atomic E-state index is 0.0632. The van der Waals surface area contributed by atoms with E-state index in [4.69, 9.17) is 0 Å². The molecular formula is C13H13F3N4O. The first-order valence-corrected chi connectivity index (χ1v) is 6.31. The second-order valence-corrected chi connectivity index (χ2v) is 4.59. The fourth-order valence-electron chi connectivity index (χ4n) is 1.76. The number of alkyl halides is 3. The molecule has 0 spiro atoms. The van der Waals surface area contributed by atoms with Crippen molar-refractivity contribution in [3.63, 3.8) is 0 Å². The lowest BCUT2D eigenvalue weighted by Crippen LogP contribution is -2.05. The molecule has 0 aliphatic carbocycles. The van der Waals surface area contributed by atoms with Crippen molar-refractivity contribution in [3.05, 3.63) is 29.8 Å². The Hall–Kier alpha value is -2.25. The predicted octanol–water partition coefficient (Wildman–Crippen LogP) is 2.73. The Kier molecular flexibility index (Phi) is 4.35. The summed E-state index contributed by atoms with van der Waals surface area (Å²) in [5.41, 5.74) is -0.504. The van der Waals surface area contributed by atoms with Gasteiger partial charge in [-0.3, -0.25) is 0 Å². The fourth-order valence-corrected chi connectivity index (χ4v) is 1.76. The number of halogens is 3. The number of tetrazole rings is 1. The minimum atomic E-state index is -4.41. The van der Waals surface area contributed by atoms with Crippen molar-refractivity contribution in [1.82, 2.24) is 20.2 Å². The normalized spacial score (nSPS) is 11.6. The van der Waals surface area contributed by atoms with E-state index in [2.05, 4.69) is 15.4 Å². The standard InChI is InChI=1S/C13H13F3N4O/c1-9(21)4-3-7-20-18-12(17-19-20)10-5-2-6-11(8-10)13(14,15)16/h2,5-6,8H,3-4,7H2,1H3. The minimum Gasteiger partial charge on any atom is -0.300 e. The maximum absolute atomic E-state index is 12.6. The van der Waals surface area contributed by atoms with E-state index in [1.165, 1.54) is 23.9 Å². The molecule has 0 bridgehead atoms. The van der Waals surface area contributed by atoms with Crippen molar-refractivity contribution in [2.45, 2.75) is 32.5 Å². The van der Waals surface area contributed by atoms with Gasteiger partial charge in [0.2, 0.25) is 5.82 Å². The Morgan fingerprint density at radius 2 is 2.10 bits per heavy atom. The first kappa shape index (κ1) is 15.1. The van der Waals surface area contributed by atoms with Crippen LogP contribution in [-0.2, 0) is 17.5 Å². The number of hydrogen-bond acceptors (Lipinski definition) is 4. The highest BCUT2D eigenvalue weighted by Crippen LogP contribution is 2.31. The van der Waals surface area contributed by atoms with E-state index in [1.54, 1.807) is 0 Å². The number of benzene rings is 1. The predicted molar refractivity (Wildman–Crippen MR) is 68.2 cm³/mol. The second-order valence-electron chi connectivity index (χ2n) is 4.59. The molecule has 8 heteroatoms. The number of nitrogens with zero attached hydrogens (tertiary/aromatic N) is 4. The molecule has 112 valence electrons. The quantitative estimate of drug-likeness (QED) is 0.851. The maximum atomic E-state index is 12.6. The average molecular weight is 298 g/mol. The molecule has 0 amide bonds. The Balaban J connectivity index is 2.12. The van der Waals surface area contributed by atoms with Crippen molar-refractivity contribution in [1.29, 1.82) is 0 Å². The number of ketones is 1. The van der Waals surface area contributed by atoms with Crippen LogP contribution in [0.4, 0.5) is 13.2 Å². The first-order valence-electron chi connectivity index (χ1n) is 6.31. The number of rotatable bonds is 5. The molecule has 1 aromatic carbocycles. The van der Waals surface area contributed by atoms with Gasteiger partial charge in [0.05, 0.1) is 12.1 Å². The molecule has 0 saturated carbocycles. The first-order chi connectivity index (χ1) is 9.86. The van der Waals surface area contributed by atoms with E-state index in [9.17, 15) is 18.0 Å². The number of aromatic nitrogens is 4. The lowest BCUT2D eigenvalue weighted by Gasteiger charge is -2.06. The zero-order valence-corrected chi connectivity index (χ0v) is 11.3. The molecule has 0 unspecified atom stereocenters. The van der Waals surface area contributed by atoms with Gasteiger partial charge in [0.1, 0.15) is 5.78 Å². The zero-order valence-electron chi connectivity index (χ0n) is 11.3. The Morgan fingerprint density at radius 3 is 2.76 bits per heavy atom. The van der Waals surface area contributed by atoms with Crippen LogP contribution in [0.25, 0.3) is 11.4 Å². The Labute approximate surface area is 118 Å². The van der Waals surface area contributed by atoms with Gasteiger partial charge in [-0.25, -0.2) is 0 Å². The summed E-state index contributed by atoms with van der Waals surface area (Å²) in [7, 11) is 0. The van der Waals surface area contributed by atoms with Crippen molar-refractivity contribution >= 4 is 5.78 Å². The molecule has 5 nitrogen and oxygen atoms in total. The summed E-state index contributed by atoms with van der Waals surface area (Å²) < 4.78 is 37.9. The lowest BCUT2D eigenvalue weighted by molar-refractivity contribution is -0.137. The Bertz CT molecular complexity index is 636. The molecule has 0 atom stereocenters. The van der Waals surface area contributed by atoms with Gasteiger partial charge < -0.3 is 4.79 Å². The highest BCUT2D eigenvalue weighted by molar-refractivity contribution is 5.75. The van der Waals surface area contributed by atoms with Crippen molar-refractivity contribution in [2.24, 2.45) is 0 Å². The lowest BCUT2D eigenvalue weighted by atomic mass is 10.1. The van der Waals surface area contributed by atoms with Crippen molar-refractivity contribution in [2.75, 3.05) is 0 Å². The number of carbonyl (C=O) groups excluding carboxylic acids is 1. The van der Waals surface area contributed by atoms with E-state index in [0.29, 0.717) is 19.4 Å². The van der Waals surface area contributed by atoms with E-state index in [-0.39, 0.29) is 17.2 Å². The summed E-state index contributed by atoms with van der Waals surface area (Å²) in [6, 6.07) is 4.76. The summed E-state index contributed by atoms with van der Waals surface area (Å²) in [5, 5.41) is 11.5. The third-order valence-corrected chi connectivity index (χ3v) is 2.79. The number of aryl methyl sites for hydroxylation is 1. The van der Waals surface area contributed by atoms with Crippen LogP contribution < -0.4 is 0 Å². The monoisotopic (exact) mass is 298 g/mol. The van der Waals surface area contributed by atoms with Crippen LogP contribution in [-0.4, -0.2) is 26.0 Å². The van der Waals surface area contributed by atoms with Gasteiger partial charge in [-0.15, -0.1) is 10.2 Å². The molecular weight excluding hydrogens is 285 g/mol. The topological polar surface area (TPSA) is 60.7 Å². The maximum Gasteiger partial charge on any atom is 0.416 e. The SMILES string of the molecule is CC(=O)CCCn1nnc(-c2cccc(C(F)(F)F)c2)n1. The summed E-state index contributed by atoms with van der Waals surface area (Å²) >= 11 is 0. The van der Waals surface area contributed by atoms with E-state index >= 15 is 0 Å². The summed E-state index contributed by atoms with van der Waals surface area (Å²) in [6.07, 6.45) is -3.44. The van der Waals surface area contributed by atoms with Gasteiger partial charge in [-0.1, -0.05) is 12.1 Å². The molecule has 0 fully saturated rings. The molecule has 0 aliphatic rings. The highest BCUT2D eigenvalue weighted by atomic mass is 19.4. The van der Waals surface area contributed by atoms with E-state index in [1.807, 2.05) is 0 Å². The second kappa shape index (κ2) is 6.02. The molecule has 0 N–H and O–H groups in total. The summed E-state index contributed by atoms with van der Waals surface area (Å²) in [6.45, 7) is 1.88. The Morgan fingerprint density at radius 1 is 1.33 bits per heavy atom. The van der Waals surface area contributed by atoms with Crippen LogP contribution in [0.15, 0.2) is 24.3 Å². The van der Waals surface area contributed by atoms with Gasteiger partial charge >= 0.3 is 6.18 Å². The van der Waals surface area contributed by atoms with E-state index < -0.39 is 11.7 Å². The van der Waals surface area contributed by atoms with Gasteiger partial charge in [0, 0.05) is 12.0 Å². The molecule has 2 aromatic rings.